The third-order valence-corrected chi connectivity index (χ3v) is 3.42. The van der Waals surface area contributed by atoms with Crippen LogP contribution in [0.4, 0.5) is 5.69 Å². The van der Waals surface area contributed by atoms with Gasteiger partial charge in [-0.1, -0.05) is 11.3 Å². The number of hydrogen-bond acceptors (Lipinski definition) is 4. The Labute approximate surface area is 111 Å². The molecule has 0 aliphatic carbocycles. The average molecular weight is 279 g/mol. The van der Waals surface area contributed by atoms with Crippen LogP contribution in [0.1, 0.15) is 9.80 Å². The van der Waals surface area contributed by atoms with Crippen molar-refractivity contribution in [3.8, 4) is 0 Å². The molecule has 0 aliphatic heterocycles. The number of aromatic amines is 1. The maximum atomic E-state index is 11.8. The number of carbonyl (C=O) groups is 1. The quantitative estimate of drug-likeness (QED) is 0.757. The summed E-state index contributed by atoms with van der Waals surface area (Å²) >= 11 is 6.68. The van der Waals surface area contributed by atoms with E-state index >= 15 is 0 Å². The van der Waals surface area contributed by atoms with E-state index in [0.29, 0.717) is 5.69 Å². The van der Waals surface area contributed by atoms with Crippen LogP contribution in [0.2, 0.25) is 4.47 Å². The first-order valence-corrected chi connectivity index (χ1v) is 6.29. The van der Waals surface area contributed by atoms with Crippen molar-refractivity contribution in [3.05, 3.63) is 39.9 Å². The third-order valence-electron chi connectivity index (χ3n) is 2.41. The molecule has 3 rings (SSSR count). The minimum Gasteiger partial charge on any atom is -0.361 e. The van der Waals surface area contributed by atoms with Crippen LogP contribution in [0, 0.1) is 0 Å². The lowest BCUT2D eigenvalue weighted by Crippen LogP contribution is -2.11. The van der Waals surface area contributed by atoms with Crippen LogP contribution >= 0.6 is 22.9 Å². The summed E-state index contributed by atoms with van der Waals surface area (Å²) < 4.78 is 0.251. The first-order chi connectivity index (χ1) is 8.72. The van der Waals surface area contributed by atoms with Crippen LogP contribution in [0.3, 0.4) is 0 Å². The Morgan fingerprint density at radius 3 is 3.00 bits per heavy atom. The van der Waals surface area contributed by atoms with Crippen molar-refractivity contribution in [1.29, 1.82) is 0 Å². The molecule has 5 nitrogen and oxygen atoms in total. The van der Waals surface area contributed by atoms with Crippen LogP contribution in [0.5, 0.6) is 0 Å². The molecule has 1 amide bonds. The van der Waals surface area contributed by atoms with Crippen LogP contribution in [0.15, 0.2) is 30.5 Å². The van der Waals surface area contributed by atoms with Crippen molar-refractivity contribution < 1.29 is 4.79 Å². The summed E-state index contributed by atoms with van der Waals surface area (Å²) in [6, 6.07) is 7.54. The maximum Gasteiger partial charge on any atom is 0.286 e. The van der Waals surface area contributed by atoms with Crippen molar-refractivity contribution in [1.82, 2.24) is 15.2 Å². The second kappa shape index (κ2) is 4.40. The van der Waals surface area contributed by atoms with Gasteiger partial charge in [-0.05, 0) is 35.9 Å². The molecule has 0 bridgehead atoms. The highest BCUT2D eigenvalue weighted by Gasteiger charge is 2.12. The van der Waals surface area contributed by atoms with Crippen molar-refractivity contribution in [3.63, 3.8) is 0 Å². The number of aromatic nitrogens is 3. The summed E-state index contributed by atoms with van der Waals surface area (Å²) in [5.41, 5.74) is 1.73. The van der Waals surface area contributed by atoms with Gasteiger partial charge in [-0.2, -0.15) is 0 Å². The van der Waals surface area contributed by atoms with Gasteiger partial charge in [0.25, 0.3) is 5.91 Å². The molecule has 0 radical (unpaired) electrons. The molecule has 2 aromatic heterocycles. The number of halogens is 1. The number of nitrogens with zero attached hydrogens (tertiary/aromatic N) is 2. The molecule has 0 aliphatic rings. The van der Waals surface area contributed by atoms with E-state index in [4.69, 9.17) is 11.6 Å². The number of amides is 1. The molecule has 90 valence electrons. The fraction of sp³-hybridized carbons (Fsp3) is 0. The summed E-state index contributed by atoms with van der Waals surface area (Å²) in [5, 5.41) is 11.3. The SMILES string of the molecule is O=C(Nc1ccc2[nH]ccc2c1)c1nnc(Cl)s1. The second-order valence-corrected chi connectivity index (χ2v) is 5.15. The number of carbonyl (C=O) groups excluding carboxylic acids is 1. The van der Waals surface area contributed by atoms with E-state index in [0.717, 1.165) is 22.2 Å². The molecule has 0 spiro atoms. The molecule has 2 N–H and O–H groups in total. The van der Waals surface area contributed by atoms with Gasteiger partial charge in [0.1, 0.15) is 0 Å². The zero-order chi connectivity index (χ0) is 12.5. The van der Waals surface area contributed by atoms with Gasteiger partial charge in [0.2, 0.25) is 9.47 Å². The lowest BCUT2D eigenvalue weighted by Gasteiger charge is -2.02. The van der Waals surface area contributed by atoms with Gasteiger partial charge in [0.15, 0.2) is 0 Å². The Bertz CT molecular complexity index is 720. The maximum absolute atomic E-state index is 11.8. The Balaban J connectivity index is 1.85. The molecule has 0 atom stereocenters. The summed E-state index contributed by atoms with van der Waals surface area (Å²) in [6.07, 6.45) is 1.85. The minimum absolute atomic E-state index is 0.245. The highest BCUT2D eigenvalue weighted by atomic mass is 35.5. The molecule has 18 heavy (non-hydrogen) atoms. The molecule has 3 aromatic rings. The van der Waals surface area contributed by atoms with E-state index in [1.54, 1.807) is 0 Å². The molecular formula is C11H7ClN4OS. The summed E-state index contributed by atoms with van der Waals surface area (Å²) in [4.78, 5) is 14.9. The topological polar surface area (TPSA) is 70.7 Å². The fourth-order valence-corrected chi connectivity index (χ4v) is 2.34. The van der Waals surface area contributed by atoms with Crippen LogP contribution in [0.25, 0.3) is 10.9 Å². The van der Waals surface area contributed by atoms with E-state index in [2.05, 4.69) is 20.5 Å². The molecule has 2 heterocycles. The smallest absolute Gasteiger partial charge is 0.286 e. The first-order valence-electron chi connectivity index (χ1n) is 5.10. The van der Waals surface area contributed by atoms with Gasteiger partial charge >= 0.3 is 0 Å². The molecule has 0 unspecified atom stereocenters. The normalized spacial score (nSPS) is 10.7. The summed E-state index contributed by atoms with van der Waals surface area (Å²) in [7, 11) is 0. The third kappa shape index (κ3) is 2.07. The first kappa shape index (κ1) is 11.2. The number of hydrogen-bond donors (Lipinski definition) is 2. The zero-order valence-electron chi connectivity index (χ0n) is 8.98. The van der Waals surface area contributed by atoms with Gasteiger partial charge in [-0.25, -0.2) is 0 Å². The van der Waals surface area contributed by atoms with Crippen molar-refractivity contribution in [2.75, 3.05) is 5.32 Å². The summed E-state index contributed by atoms with van der Waals surface area (Å²) in [5.74, 6) is -0.311. The molecule has 7 heteroatoms. The number of anilines is 1. The highest BCUT2D eigenvalue weighted by Crippen LogP contribution is 2.20. The van der Waals surface area contributed by atoms with Gasteiger partial charge in [0, 0.05) is 22.8 Å². The van der Waals surface area contributed by atoms with E-state index in [9.17, 15) is 4.79 Å². The number of fused-ring (bicyclic) bond motifs is 1. The zero-order valence-corrected chi connectivity index (χ0v) is 10.5. The minimum atomic E-state index is -0.311. The molecule has 0 fully saturated rings. The molecule has 0 saturated heterocycles. The van der Waals surface area contributed by atoms with Crippen LogP contribution in [-0.4, -0.2) is 21.1 Å². The van der Waals surface area contributed by atoms with Crippen LogP contribution < -0.4 is 5.32 Å². The molecule has 0 saturated carbocycles. The molecule has 1 aromatic carbocycles. The Hall–Kier alpha value is -1.92. The highest BCUT2D eigenvalue weighted by molar-refractivity contribution is 7.17. The Morgan fingerprint density at radius 1 is 1.33 bits per heavy atom. The van der Waals surface area contributed by atoms with E-state index in [-0.39, 0.29) is 15.4 Å². The lowest BCUT2D eigenvalue weighted by molar-refractivity contribution is 0.102. The van der Waals surface area contributed by atoms with E-state index in [1.165, 1.54) is 0 Å². The van der Waals surface area contributed by atoms with E-state index in [1.807, 2.05) is 30.5 Å². The van der Waals surface area contributed by atoms with Gasteiger partial charge in [-0.15, -0.1) is 10.2 Å². The van der Waals surface area contributed by atoms with Crippen molar-refractivity contribution in [2.24, 2.45) is 0 Å². The fourth-order valence-electron chi connectivity index (χ4n) is 1.61. The van der Waals surface area contributed by atoms with Crippen molar-refractivity contribution in [2.45, 2.75) is 0 Å². The standard InChI is InChI=1S/C11H7ClN4OS/c12-11-16-15-10(18-11)9(17)14-7-1-2-8-6(5-7)3-4-13-8/h1-5,13H,(H,14,17). The number of rotatable bonds is 2. The van der Waals surface area contributed by atoms with Gasteiger partial charge < -0.3 is 10.3 Å². The Morgan fingerprint density at radius 2 is 2.22 bits per heavy atom. The summed E-state index contributed by atoms with van der Waals surface area (Å²) in [6.45, 7) is 0. The monoisotopic (exact) mass is 278 g/mol. The van der Waals surface area contributed by atoms with Gasteiger partial charge in [0.05, 0.1) is 0 Å². The lowest BCUT2D eigenvalue weighted by atomic mass is 10.2. The molecular weight excluding hydrogens is 272 g/mol. The average Bonchev–Trinajstić information content (AvgIpc) is 2.96. The van der Waals surface area contributed by atoms with E-state index < -0.39 is 0 Å². The second-order valence-electron chi connectivity index (χ2n) is 3.59. The largest absolute Gasteiger partial charge is 0.361 e. The number of nitrogens with one attached hydrogen (secondary N) is 2. The van der Waals surface area contributed by atoms with Gasteiger partial charge in [-0.3, -0.25) is 4.79 Å². The predicted octanol–water partition coefficient (Wildman–Crippen LogP) is 2.93. The number of benzene rings is 1. The Kier molecular flexibility index (Phi) is 2.73. The van der Waals surface area contributed by atoms with Crippen molar-refractivity contribution >= 4 is 45.4 Å². The van der Waals surface area contributed by atoms with Crippen LogP contribution in [-0.2, 0) is 0 Å². The predicted molar refractivity (Wildman–Crippen MR) is 71.2 cm³/mol. The number of H-pyrrole nitrogens is 1.